The first-order valence-corrected chi connectivity index (χ1v) is 7.84. The number of amides is 1. The highest BCUT2D eigenvalue weighted by Gasteiger charge is 2.19. The molecule has 0 spiro atoms. The van der Waals surface area contributed by atoms with Crippen LogP contribution in [0.15, 0.2) is 18.2 Å². The van der Waals surface area contributed by atoms with Crippen molar-refractivity contribution < 1.29 is 14.7 Å². The second-order valence-corrected chi connectivity index (χ2v) is 6.43. The smallest absolute Gasteiger partial charge is 0.328 e. The van der Waals surface area contributed by atoms with Gasteiger partial charge in [0.1, 0.15) is 0 Å². The van der Waals surface area contributed by atoms with E-state index >= 15 is 0 Å². The van der Waals surface area contributed by atoms with Crippen molar-refractivity contribution >= 4 is 29.3 Å². The summed E-state index contributed by atoms with van der Waals surface area (Å²) in [5, 5.41) is 11.6. The molecule has 2 rings (SSSR count). The van der Waals surface area contributed by atoms with E-state index < -0.39 is 5.97 Å². The van der Waals surface area contributed by atoms with E-state index in [1.54, 1.807) is 24.3 Å². The molecule has 6 heteroatoms. The van der Waals surface area contributed by atoms with Gasteiger partial charge < -0.3 is 10.4 Å². The standard InChI is InChI=1S/C15H20N2O3S/c1-11(18)16-12-6-8-17(9-7-12)10-14-3-2-13(21-14)4-5-15(19)20/h2-5,12H,6-10H2,1H3,(H,16,18)(H,19,20)/b5-4+. The molecule has 1 aliphatic heterocycles. The van der Waals surface area contributed by atoms with E-state index in [0.717, 1.165) is 43.4 Å². The van der Waals surface area contributed by atoms with Gasteiger partial charge in [0.05, 0.1) is 0 Å². The summed E-state index contributed by atoms with van der Waals surface area (Å²) in [6.07, 6.45) is 4.75. The molecule has 2 N–H and O–H groups in total. The number of piperidine rings is 1. The molecule has 1 saturated heterocycles. The van der Waals surface area contributed by atoms with Crippen LogP contribution in [-0.4, -0.2) is 41.0 Å². The zero-order chi connectivity index (χ0) is 15.2. The maximum absolute atomic E-state index is 11.0. The highest BCUT2D eigenvalue weighted by molar-refractivity contribution is 7.12. The van der Waals surface area contributed by atoms with E-state index in [0.29, 0.717) is 6.04 Å². The molecule has 0 aliphatic carbocycles. The van der Waals surface area contributed by atoms with Crippen LogP contribution in [0.3, 0.4) is 0 Å². The molecule has 0 saturated carbocycles. The van der Waals surface area contributed by atoms with Crippen LogP contribution in [0.4, 0.5) is 0 Å². The van der Waals surface area contributed by atoms with Gasteiger partial charge in [-0.3, -0.25) is 9.69 Å². The Kier molecular flexibility index (Phi) is 5.52. The quantitative estimate of drug-likeness (QED) is 0.816. The molecule has 1 fully saturated rings. The van der Waals surface area contributed by atoms with Crippen molar-refractivity contribution in [3.05, 3.63) is 28.0 Å². The fraction of sp³-hybridized carbons (Fsp3) is 0.467. The number of aliphatic carboxylic acids is 1. The van der Waals surface area contributed by atoms with E-state index in [2.05, 4.69) is 10.2 Å². The molecule has 21 heavy (non-hydrogen) atoms. The fourth-order valence-electron chi connectivity index (χ4n) is 2.47. The predicted octanol–water partition coefficient (Wildman–Crippen LogP) is 1.95. The fourth-order valence-corrected chi connectivity index (χ4v) is 3.42. The van der Waals surface area contributed by atoms with Crippen molar-refractivity contribution in [1.29, 1.82) is 0 Å². The first-order valence-electron chi connectivity index (χ1n) is 7.02. The second-order valence-electron chi connectivity index (χ2n) is 5.23. The van der Waals surface area contributed by atoms with Gasteiger partial charge in [-0.15, -0.1) is 11.3 Å². The lowest BCUT2D eigenvalue weighted by atomic mass is 10.1. The topological polar surface area (TPSA) is 69.6 Å². The first-order chi connectivity index (χ1) is 10.0. The van der Waals surface area contributed by atoms with Crippen molar-refractivity contribution in [3.8, 4) is 0 Å². The van der Waals surface area contributed by atoms with Gasteiger partial charge in [0.2, 0.25) is 5.91 Å². The number of carboxylic acid groups (broad SMARTS) is 1. The number of hydrogen-bond acceptors (Lipinski definition) is 4. The Balaban J connectivity index is 1.81. The van der Waals surface area contributed by atoms with Crippen LogP contribution in [0.2, 0.25) is 0 Å². The molecule has 1 amide bonds. The second kappa shape index (κ2) is 7.38. The van der Waals surface area contributed by atoms with Gasteiger partial charge in [0.25, 0.3) is 0 Å². The Morgan fingerprint density at radius 2 is 2.14 bits per heavy atom. The van der Waals surface area contributed by atoms with Crippen molar-refractivity contribution in [2.75, 3.05) is 13.1 Å². The van der Waals surface area contributed by atoms with Crippen molar-refractivity contribution in [1.82, 2.24) is 10.2 Å². The number of nitrogens with zero attached hydrogens (tertiary/aromatic N) is 1. The molecule has 0 aromatic carbocycles. The zero-order valence-electron chi connectivity index (χ0n) is 12.0. The molecule has 1 aromatic heterocycles. The largest absolute Gasteiger partial charge is 0.478 e. The third-order valence-corrected chi connectivity index (χ3v) is 4.48. The average molecular weight is 308 g/mol. The van der Waals surface area contributed by atoms with Crippen LogP contribution >= 0.6 is 11.3 Å². The lowest BCUT2D eigenvalue weighted by molar-refractivity contribution is -0.131. The minimum Gasteiger partial charge on any atom is -0.478 e. The van der Waals surface area contributed by atoms with E-state index in [1.165, 1.54) is 4.88 Å². The summed E-state index contributed by atoms with van der Waals surface area (Å²) in [5.41, 5.74) is 0. The minimum absolute atomic E-state index is 0.0431. The highest BCUT2D eigenvalue weighted by Crippen LogP contribution is 2.21. The third-order valence-electron chi connectivity index (χ3n) is 3.45. The Labute approximate surface area is 128 Å². The summed E-state index contributed by atoms with van der Waals surface area (Å²) < 4.78 is 0. The van der Waals surface area contributed by atoms with Gasteiger partial charge >= 0.3 is 5.97 Å². The van der Waals surface area contributed by atoms with Crippen LogP contribution in [0, 0.1) is 0 Å². The van der Waals surface area contributed by atoms with Crippen molar-refractivity contribution in [2.45, 2.75) is 32.4 Å². The third kappa shape index (κ3) is 5.32. The number of thiophene rings is 1. The lowest BCUT2D eigenvalue weighted by Gasteiger charge is -2.31. The SMILES string of the molecule is CC(=O)NC1CCN(Cc2ccc(/C=C/C(=O)O)s2)CC1. The summed E-state index contributed by atoms with van der Waals surface area (Å²) in [7, 11) is 0. The Morgan fingerprint density at radius 3 is 2.76 bits per heavy atom. The van der Waals surface area contributed by atoms with Crippen LogP contribution < -0.4 is 5.32 Å². The summed E-state index contributed by atoms with van der Waals surface area (Å²) >= 11 is 1.62. The number of carbonyl (C=O) groups excluding carboxylic acids is 1. The summed E-state index contributed by atoms with van der Waals surface area (Å²) in [5.74, 6) is -0.883. The number of rotatable bonds is 5. The van der Waals surface area contributed by atoms with Gasteiger partial charge in [-0.25, -0.2) is 4.79 Å². The molecule has 1 aromatic rings. The summed E-state index contributed by atoms with van der Waals surface area (Å²) in [6, 6.07) is 4.30. The maximum atomic E-state index is 11.0. The van der Waals surface area contributed by atoms with Crippen LogP contribution in [0.1, 0.15) is 29.5 Å². The number of carbonyl (C=O) groups is 2. The van der Waals surface area contributed by atoms with E-state index in [9.17, 15) is 9.59 Å². The molecule has 5 nitrogen and oxygen atoms in total. The predicted molar refractivity (Wildman–Crippen MR) is 83.1 cm³/mol. The van der Waals surface area contributed by atoms with Crippen LogP contribution in [0.25, 0.3) is 6.08 Å². The normalized spacial score (nSPS) is 17.2. The molecular weight excluding hydrogens is 288 g/mol. The minimum atomic E-state index is -0.926. The molecule has 0 radical (unpaired) electrons. The average Bonchev–Trinajstić information content (AvgIpc) is 2.86. The highest BCUT2D eigenvalue weighted by atomic mass is 32.1. The van der Waals surface area contributed by atoms with Gasteiger partial charge in [0.15, 0.2) is 0 Å². The van der Waals surface area contributed by atoms with Gasteiger partial charge in [-0.1, -0.05) is 0 Å². The first kappa shape index (κ1) is 15.7. The van der Waals surface area contributed by atoms with E-state index in [-0.39, 0.29) is 5.91 Å². The molecule has 0 bridgehead atoms. The summed E-state index contributed by atoms with van der Waals surface area (Å²) in [4.78, 5) is 26.1. The van der Waals surface area contributed by atoms with Crippen molar-refractivity contribution in [2.24, 2.45) is 0 Å². The maximum Gasteiger partial charge on any atom is 0.328 e. The Morgan fingerprint density at radius 1 is 1.43 bits per heavy atom. The van der Waals surface area contributed by atoms with Gasteiger partial charge in [-0.2, -0.15) is 0 Å². The zero-order valence-corrected chi connectivity index (χ0v) is 12.9. The summed E-state index contributed by atoms with van der Waals surface area (Å²) in [6.45, 7) is 4.40. The van der Waals surface area contributed by atoms with E-state index in [1.807, 2.05) is 12.1 Å². The molecule has 0 unspecified atom stereocenters. The number of carboxylic acids is 1. The van der Waals surface area contributed by atoms with Crippen molar-refractivity contribution in [3.63, 3.8) is 0 Å². The van der Waals surface area contributed by atoms with Gasteiger partial charge in [-0.05, 0) is 31.1 Å². The number of likely N-dealkylation sites (tertiary alicyclic amines) is 1. The molecule has 2 heterocycles. The van der Waals surface area contributed by atoms with E-state index in [4.69, 9.17) is 5.11 Å². The van der Waals surface area contributed by atoms with Gasteiger partial charge in [0, 0.05) is 48.4 Å². The molecular formula is C15H20N2O3S. The molecule has 114 valence electrons. The number of hydrogen-bond donors (Lipinski definition) is 2. The van der Waals surface area contributed by atoms with Crippen LogP contribution in [0.5, 0.6) is 0 Å². The lowest BCUT2D eigenvalue weighted by Crippen LogP contribution is -2.43. The Hall–Kier alpha value is -1.66. The molecule has 0 atom stereocenters. The number of nitrogens with one attached hydrogen (secondary N) is 1. The Bertz CT molecular complexity index is 531. The monoisotopic (exact) mass is 308 g/mol. The molecule has 1 aliphatic rings. The van der Waals surface area contributed by atoms with Crippen LogP contribution in [-0.2, 0) is 16.1 Å².